The van der Waals surface area contributed by atoms with Crippen LogP contribution in [0.25, 0.3) is 0 Å². The second-order valence-electron chi connectivity index (χ2n) is 2.47. The fourth-order valence-corrected chi connectivity index (χ4v) is 3.33. The van der Waals surface area contributed by atoms with Crippen molar-refractivity contribution in [3.8, 4) is 5.75 Å². The van der Waals surface area contributed by atoms with Crippen LogP contribution in [0.1, 0.15) is 0 Å². The average Bonchev–Trinajstić information content (AvgIpc) is 1.99. The second kappa shape index (κ2) is 4.97. The van der Waals surface area contributed by atoms with Gasteiger partial charge in [0.05, 0.1) is 16.5 Å². The summed E-state index contributed by atoms with van der Waals surface area (Å²) in [4.78, 5) is 0.0197. The van der Waals surface area contributed by atoms with E-state index < -0.39 is 5.51 Å². The fraction of sp³-hybridized carbons (Fsp3) is 0.250. The molecule has 84 valence electrons. The first kappa shape index (κ1) is 13.2. The first-order valence-corrected chi connectivity index (χ1v) is 6.02. The van der Waals surface area contributed by atoms with E-state index >= 15 is 0 Å². The fourth-order valence-electron chi connectivity index (χ4n) is 0.935. The molecule has 0 unspecified atom stereocenters. The highest BCUT2D eigenvalue weighted by molar-refractivity contribution is 9.11. The molecular formula is C8H5Br2F3OS. The van der Waals surface area contributed by atoms with Crippen LogP contribution in [0.2, 0.25) is 0 Å². The van der Waals surface area contributed by atoms with Crippen molar-refractivity contribution in [1.29, 1.82) is 0 Å². The minimum absolute atomic E-state index is 0.0197. The molecule has 0 fully saturated rings. The predicted molar refractivity (Wildman–Crippen MR) is 60.3 cm³/mol. The number of hydrogen-bond acceptors (Lipinski definition) is 2. The Labute approximate surface area is 106 Å². The van der Waals surface area contributed by atoms with Gasteiger partial charge >= 0.3 is 5.51 Å². The van der Waals surface area contributed by atoms with E-state index in [9.17, 15) is 13.2 Å². The van der Waals surface area contributed by atoms with E-state index in [1.54, 1.807) is 6.07 Å². The highest BCUT2D eigenvalue weighted by Crippen LogP contribution is 2.45. The Kier molecular flexibility index (Phi) is 4.37. The Morgan fingerprint density at radius 3 is 2.33 bits per heavy atom. The quantitative estimate of drug-likeness (QED) is 0.694. The van der Waals surface area contributed by atoms with Gasteiger partial charge in [0.25, 0.3) is 0 Å². The molecule has 15 heavy (non-hydrogen) atoms. The van der Waals surface area contributed by atoms with Crippen LogP contribution in [0.4, 0.5) is 13.2 Å². The van der Waals surface area contributed by atoms with Crippen molar-refractivity contribution in [2.24, 2.45) is 0 Å². The molecular weight excluding hydrogens is 361 g/mol. The monoisotopic (exact) mass is 364 g/mol. The molecule has 1 nitrogen and oxygen atoms in total. The van der Waals surface area contributed by atoms with Crippen molar-refractivity contribution in [2.75, 3.05) is 7.11 Å². The van der Waals surface area contributed by atoms with Crippen molar-refractivity contribution >= 4 is 43.6 Å². The highest BCUT2D eigenvalue weighted by Gasteiger charge is 2.31. The van der Waals surface area contributed by atoms with E-state index in [0.717, 1.165) is 0 Å². The zero-order valence-corrected chi connectivity index (χ0v) is 11.3. The van der Waals surface area contributed by atoms with E-state index in [1.807, 2.05) is 0 Å². The largest absolute Gasteiger partial charge is 0.494 e. The van der Waals surface area contributed by atoms with Crippen LogP contribution in [0, 0.1) is 0 Å². The summed E-state index contributed by atoms with van der Waals surface area (Å²) in [6.07, 6.45) is 0. The molecule has 1 rings (SSSR count). The number of alkyl halides is 3. The normalized spacial score (nSPS) is 11.6. The summed E-state index contributed by atoms with van der Waals surface area (Å²) in [5.74, 6) is 0.181. The zero-order valence-electron chi connectivity index (χ0n) is 7.36. The Morgan fingerprint density at radius 1 is 1.27 bits per heavy atom. The lowest BCUT2D eigenvalue weighted by molar-refractivity contribution is -0.0328. The van der Waals surface area contributed by atoms with Gasteiger partial charge in [-0.3, -0.25) is 0 Å². The maximum Gasteiger partial charge on any atom is 0.446 e. The molecule has 0 heterocycles. The van der Waals surface area contributed by atoms with Gasteiger partial charge in [-0.15, -0.1) is 0 Å². The van der Waals surface area contributed by atoms with Crippen LogP contribution in [0.3, 0.4) is 0 Å². The van der Waals surface area contributed by atoms with Crippen molar-refractivity contribution in [1.82, 2.24) is 0 Å². The standard InChI is InChI=1S/C8H5Br2F3OS/c1-14-7-5(10)2-4(9)3-6(7)15-8(11,12)13/h2-3H,1H3. The summed E-state index contributed by atoms with van der Waals surface area (Å²) < 4.78 is 42.5. The summed E-state index contributed by atoms with van der Waals surface area (Å²) >= 11 is 6.04. The minimum Gasteiger partial charge on any atom is -0.494 e. The van der Waals surface area contributed by atoms with E-state index in [4.69, 9.17) is 4.74 Å². The van der Waals surface area contributed by atoms with Gasteiger partial charge in [-0.1, -0.05) is 15.9 Å². The van der Waals surface area contributed by atoms with E-state index in [-0.39, 0.29) is 22.4 Å². The molecule has 0 saturated heterocycles. The molecule has 0 aromatic heterocycles. The first-order chi connectivity index (χ1) is 6.83. The summed E-state index contributed by atoms with van der Waals surface area (Å²) in [7, 11) is 1.33. The Hall–Kier alpha value is 0.120. The van der Waals surface area contributed by atoms with Crippen molar-refractivity contribution < 1.29 is 17.9 Å². The van der Waals surface area contributed by atoms with Crippen LogP contribution in [0.5, 0.6) is 5.75 Å². The lowest BCUT2D eigenvalue weighted by atomic mass is 10.3. The smallest absolute Gasteiger partial charge is 0.446 e. The summed E-state index contributed by atoms with van der Waals surface area (Å²) in [6.45, 7) is 0. The molecule has 0 amide bonds. The van der Waals surface area contributed by atoms with Gasteiger partial charge in [0.2, 0.25) is 0 Å². The van der Waals surface area contributed by atoms with Gasteiger partial charge in [0, 0.05) is 4.47 Å². The third kappa shape index (κ3) is 3.88. The van der Waals surface area contributed by atoms with Crippen molar-refractivity contribution in [3.63, 3.8) is 0 Å². The number of benzene rings is 1. The van der Waals surface area contributed by atoms with Crippen LogP contribution in [-0.4, -0.2) is 12.6 Å². The Morgan fingerprint density at radius 2 is 1.87 bits per heavy atom. The van der Waals surface area contributed by atoms with Gasteiger partial charge < -0.3 is 4.74 Å². The summed E-state index contributed by atoms with van der Waals surface area (Å²) in [6, 6.07) is 2.99. The van der Waals surface area contributed by atoms with Crippen LogP contribution in [-0.2, 0) is 0 Å². The average molecular weight is 366 g/mol. The lowest BCUT2D eigenvalue weighted by Crippen LogP contribution is -2.00. The van der Waals surface area contributed by atoms with Gasteiger partial charge in [-0.25, -0.2) is 0 Å². The van der Waals surface area contributed by atoms with Crippen molar-refractivity contribution in [2.45, 2.75) is 10.4 Å². The minimum atomic E-state index is -4.33. The number of rotatable bonds is 2. The first-order valence-electron chi connectivity index (χ1n) is 3.62. The maximum absolute atomic E-state index is 12.2. The third-order valence-corrected chi connectivity index (χ3v) is 3.21. The molecule has 1 aromatic rings. The van der Waals surface area contributed by atoms with E-state index in [0.29, 0.717) is 8.95 Å². The van der Waals surface area contributed by atoms with Gasteiger partial charge in [0.1, 0.15) is 5.75 Å². The SMILES string of the molecule is COc1c(Br)cc(Br)cc1SC(F)(F)F. The van der Waals surface area contributed by atoms with Crippen LogP contribution >= 0.6 is 43.6 Å². The summed E-state index contributed by atoms with van der Waals surface area (Å²) in [5.41, 5.74) is -4.33. The Balaban J connectivity index is 3.15. The molecule has 0 aliphatic heterocycles. The highest BCUT2D eigenvalue weighted by atomic mass is 79.9. The predicted octanol–water partition coefficient (Wildman–Crippen LogP) is 4.83. The Bertz CT molecular complexity index is 368. The van der Waals surface area contributed by atoms with Crippen LogP contribution in [0.15, 0.2) is 26.0 Å². The lowest BCUT2D eigenvalue weighted by Gasteiger charge is -2.12. The van der Waals surface area contributed by atoms with E-state index in [1.165, 1.54) is 13.2 Å². The van der Waals surface area contributed by atoms with E-state index in [2.05, 4.69) is 31.9 Å². The van der Waals surface area contributed by atoms with Gasteiger partial charge in [0.15, 0.2) is 0 Å². The third-order valence-electron chi connectivity index (χ3n) is 1.40. The molecule has 0 spiro atoms. The topological polar surface area (TPSA) is 9.23 Å². The molecule has 0 atom stereocenters. The number of halogens is 5. The van der Waals surface area contributed by atoms with Crippen LogP contribution < -0.4 is 4.74 Å². The maximum atomic E-state index is 12.2. The molecule has 0 aliphatic rings. The molecule has 0 saturated carbocycles. The number of ether oxygens (including phenoxy) is 1. The van der Waals surface area contributed by atoms with Crippen molar-refractivity contribution in [3.05, 3.63) is 21.1 Å². The molecule has 0 N–H and O–H groups in total. The molecule has 7 heteroatoms. The number of hydrogen-bond donors (Lipinski definition) is 0. The second-order valence-corrected chi connectivity index (χ2v) is 5.34. The number of methoxy groups -OCH3 is 1. The molecule has 0 radical (unpaired) electrons. The molecule has 1 aromatic carbocycles. The molecule has 0 aliphatic carbocycles. The van der Waals surface area contributed by atoms with Gasteiger partial charge in [-0.05, 0) is 39.8 Å². The number of thioether (sulfide) groups is 1. The summed E-state index contributed by atoms with van der Waals surface area (Å²) in [5, 5.41) is 0. The van der Waals surface area contributed by atoms with Gasteiger partial charge in [-0.2, -0.15) is 13.2 Å². The zero-order chi connectivity index (χ0) is 11.6. The molecule has 0 bridgehead atoms.